The van der Waals surface area contributed by atoms with Gasteiger partial charge in [-0.3, -0.25) is 9.59 Å². The summed E-state index contributed by atoms with van der Waals surface area (Å²) < 4.78 is 5.11. The summed E-state index contributed by atoms with van der Waals surface area (Å²) in [6, 6.07) is 2.25. The monoisotopic (exact) mass is 362 g/mol. The van der Waals surface area contributed by atoms with Crippen LogP contribution in [0.2, 0.25) is 0 Å². The van der Waals surface area contributed by atoms with Gasteiger partial charge in [-0.1, -0.05) is 0 Å². The van der Waals surface area contributed by atoms with Crippen LogP contribution in [-0.4, -0.2) is 38.1 Å². The van der Waals surface area contributed by atoms with Gasteiger partial charge < -0.3 is 15.0 Å². The SMILES string of the molecule is CCOC(=O)[C@H]1CCC[NH+](CC(=O)Nc2sc3c(c2C#N)CCC3)C1. The topological polar surface area (TPSA) is 83.6 Å². The van der Waals surface area contributed by atoms with Crippen LogP contribution in [0.25, 0.3) is 0 Å². The molecule has 0 radical (unpaired) electrons. The first-order valence-electron chi connectivity index (χ1n) is 8.97. The van der Waals surface area contributed by atoms with Crippen LogP contribution in [0.3, 0.4) is 0 Å². The Balaban J connectivity index is 1.58. The van der Waals surface area contributed by atoms with Gasteiger partial charge in [-0.15, -0.1) is 11.3 Å². The van der Waals surface area contributed by atoms with Crippen molar-refractivity contribution in [2.75, 3.05) is 31.6 Å². The number of ether oxygens (including phenoxy) is 1. The number of aryl methyl sites for hydroxylation is 1. The van der Waals surface area contributed by atoms with E-state index in [0.717, 1.165) is 49.1 Å². The predicted octanol–water partition coefficient (Wildman–Crippen LogP) is 0.905. The summed E-state index contributed by atoms with van der Waals surface area (Å²) in [7, 11) is 0. The molecule has 2 N–H and O–H groups in total. The summed E-state index contributed by atoms with van der Waals surface area (Å²) >= 11 is 1.54. The lowest BCUT2D eigenvalue weighted by atomic mass is 9.98. The molecule has 0 bridgehead atoms. The number of carbonyl (C=O) groups is 2. The molecule has 0 spiro atoms. The van der Waals surface area contributed by atoms with E-state index in [0.29, 0.717) is 30.3 Å². The number of nitriles is 1. The fraction of sp³-hybridized carbons (Fsp3) is 0.611. The van der Waals surface area contributed by atoms with Gasteiger partial charge >= 0.3 is 5.97 Å². The molecule has 0 aromatic carbocycles. The zero-order valence-electron chi connectivity index (χ0n) is 14.5. The molecule has 1 aromatic heterocycles. The first-order chi connectivity index (χ1) is 12.1. The van der Waals surface area contributed by atoms with E-state index in [1.54, 1.807) is 0 Å². The van der Waals surface area contributed by atoms with E-state index >= 15 is 0 Å². The van der Waals surface area contributed by atoms with Gasteiger partial charge in [0.05, 0.1) is 25.3 Å². The van der Waals surface area contributed by atoms with Crippen LogP contribution in [0, 0.1) is 17.2 Å². The number of hydrogen-bond donors (Lipinski definition) is 2. The summed E-state index contributed by atoms with van der Waals surface area (Å²) in [4.78, 5) is 26.7. The van der Waals surface area contributed by atoms with E-state index in [1.807, 2.05) is 6.92 Å². The average molecular weight is 362 g/mol. The quantitative estimate of drug-likeness (QED) is 0.763. The molecular formula is C18H24N3O3S+. The molecule has 1 aromatic rings. The van der Waals surface area contributed by atoms with Crippen molar-refractivity contribution < 1.29 is 19.2 Å². The highest BCUT2D eigenvalue weighted by molar-refractivity contribution is 7.16. The molecule has 1 aliphatic carbocycles. The second-order valence-corrected chi connectivity index (χ2v) is 7.80. The number of esters is 1. The molecule has 3 rings (SSSR count). The molecule has 1 fully saturated rings. The molecule has 1 saturated heterocycles. The molecule has 2 atom stereocenters. The molecule has 134 valence electrons. The molecule has 6 nitrogen and oxygen atoms in total. The van der Waals surface area contributed by atoms with Crippen molar-refractivity contribution in [1.82, 2.24) is 0 Å². The first kappa shape index (κ1) is 17.9. The first-order valence-corrected chi connectivity index (χ1v) is 9.78. The normalized spacial score (nSPS) is 22.1. The van der Waals surface area contributed by atoms with Gasteiger partial charge in [0.1, 0.15) is 17.0 Å². The standard InChI is InChI=1S/C18H23N3O3S/c1-2-24-18(23)12-5-4-8-21(10-12)11-16(22)20-17-14(9-19)13-6-3-7-15(13)25-17/h12H,2-8,10-11H2,1H3,(H,20,22)/p+1/t12-/m0/s1. The maximum atomic E-state index is 12.4. The van der Waals surface area contributed by atoms with E-state index in [-0.39, 0.29) is 17.8 Å². The Labute approximate surface area is 151 Å². The van der Waals surface area contributed by atoms with E-state index in [4.69, 9.17) is 4.74 Å². The minimum absolute atomic E-state index is 0.0871. The van der Waals surface area contributed by atoms with E-state index in [1.165, 1.54) is 16.2 Å². The number of nitrogens with one attached hydrogen (secondary N) is 2. The molecule has 1 amide bonds. The highest BCUT2D eigenvalue weighted by Gasteiger charge is 2.31. The number of nitrogens with zero attached hydrogens (tertiary/aromatic N) is 1. The Bertz CT molecular complexity index is 707. The van der Waals surface area contributed by atoms with Crippen LogP contribution < -0.4 is 10.2 Å². The number of fused-ring (bicyclic) bond motifs is 1. The zero-order chi connectivity index (χ0) is 17.8. The summed E-state index contributed by atoms with van der Waals surface area (Å²) in [5.74, 6) is -0.353. The average Bonchev–Trinajstić information content (AvgIpc) is 3.15. The Morgan fingerprint density at radius 3 is 3.00 bits per heavy atom. The van der Waals surface area contributed by atoms with Crippen molar-refractivity contribution in [1.29, 1.82) is 5.26 Å². The largest absolute Gasteiger partial charge is 0.466 e. The van der Waals surface area contributed by atoms with E-state index in [9.17, 15) is 14.9 Å². The fourth-order valence-corrected chi connectivity index (χ4v) is 5.04. The van der Waals surface area contributed by atoms with E-state index in [2.05, 4.69) is 11.4 Å². The zero-order valence-corrected chi connectivity index (χ0v) is 15.3. The Hall–Kier alpha value is -1.91. The minimum atomic E-state index is -0.151. The number of piperidine rings is 1. The van der Waals surface area contributed by atoms with Crippen LogP contribution in [0.5, 0.6) is 0 Å². The van der Waals surface area contributed by atoms with Crippen molar-refractivity contribution in [2.45, 2.75) is 39.0 Å². The number of rotatable bonds is 5. The maximum Gasteiger partial charge on any atom is 0.314 e. The fourth-order valence-electron chi connectivity index (χ4n) is 3.78. The number of likely N-dealkylation sites (tertiary alicyclic amines) is 1. The minimum Gasteiger partial charge on any atom is -0.466 e. The second kappa shape index (κ2) is 7.98. The lowest BCUT2D eigenvalue weighted by Gasteiger charge is -2.28. The number of amides is 1. The van der Waals surface area contributed by atoms with Crippen LogP contribution >= 0.6 is 11.3 Å². The number of thiophene rings is 1. The molecule has 1 unspecified atom stereocenters. The molecule has 2 heterocycles. The van der Waals surface area contributed by atoms with Crippen molar-refractivity contribution in [3.05, 3.63) is 16.0 Å². The lowest BCUT2D eigenvalue weighted by Crippen LogP contribution is -3.14. The maximum absolute atomic E-state index is 12.4. The van der Waals surface area contributed by atoms with Gasteiger partial charge in [0.15, 0.2) is 6.54 Å². The van der Waals surface area contributed by atoms with Crippen molar-refractivity contribution in [2.24, 2.45) is 5.92 Å². The van der Waals surface area contributed by atoms with Gasteiger partial charge in [0.25, 0.3) is 5.91 Å². The summed E-state index contributed by atoms with van der Waals surface area (Å²) in [5.41, 5.74) is 1.76. The third-order valence-corrected chi connectivity index (χ3v) is 6.14. The number of hydrogen-bond acceptors (Lipinski definition) is 5. The van der Waals surface area contributed by atoms with Crippen molar-refractivity contribution >= 4 is 28.2 Å². The molecule has 25 heavy (non-hydrogen) atoms. The highest BCUT2D eigenvalue weighted by atomic mass is 32.1. The molecule has 0 saturated carbocycles. The second-order valence-electron chi connectivity index (χ2n) is 6.69. The highest BCUT2D eigenvalue weighted by Crippen LogP contribution is 2.38. The van der Waals surface area contributed by atoms with Crippen molar-refractivity contribution in [3.8, 4) is 6.07 Å². The third kappa shape index (κ3) is 4.02. The Kier molecular flexibility index (Phi) is 5.71. The Morgan fingerprint density at radius 1 is 1.40 bits per heavy atom. The molecule has 7 heteroatoms. The predicted molar refractivity (Wildman–Crippen MR) is 94.6 cm³/mol. The van der Waals surface area contributed by atoms with Crippen LogP contribution in [0.1, 0.15) is 42.2 Å². The van der Waals surface area contributed by atoms with Gasteiger partial charge in [-0.05, 0) is 44.6 Å². The van der Waals surface area contributed by atoms with Crippen LogP contribution in [0.15, 0.2) is 0 Å². The molecular weight excluding hydrogens is 338 g/mol. The third-order valence-electron chi connectivity index (χ3n) is 4.93. The number of quaternary nitrogens is 1. The molecule has 2 aliphatic rings. The lowest BCUT2D eigenvalue weighted by molar-refractivity contribution is -0.899. The summed E-state index contributed by atoms with van der Waals surface area (Å²) in [6.45, 7) is 4.05. The number of carbonyl (C=O) groups excluding carboxylic acids is 2. The van der Waals surface area contributed by atoms with Gasteiger partial charge in [0, 0.05) is 4.88 Å². The van der Waals surface area contributed by atoms with Crippen LogP contribution in [-0.2, 0) is 27.2 Å². The summed E-state index contributed by atoms with van der Waals surface area (Å²) in [6.07, 6.45) is 4.78. The Morgan fingerprint density at radius 2 is 2.24 bits per heavy atom. The smallest absolute Gasteiger partial charge is 0.314 e. The summed E-state index contributed by atoms with van der Waals surface area (Å²) in [5, 5.41) is 13.0. The molecule has 1 aliphatic heterocycles. The van der Waals surface area contributed by atoms with Crippen LogP contribution in [0.4, 0.5) is 5.00 Å². The van der Waals surface area contributed by atoms with E-state index < -0.39 is 0 Å². The van der Waals surface area contributed by atoms with Gasteiger partial charge in [0.2, 0.25) is 0 Å². The van der Waals surface area contributed by atoms with Gasteiger partial charge in [-0.25, -0.2) is 0 Å². The van der Waals surface area contributed by atoms with Crippen molar-refractivity contribution in [3.63, 3.8) is 0 Å². The number of anilines is 1. The van der Waals surface area contributed by atoms with Gasteiger partial charge in [-0.2, -0.15) is 5.26 Å².